The van der Waals surface area contributed by atoms with Gasteiger partial charge in [0.1, 0.15) is 42.4 Å². The maximum absolute atomic E-state index is 10.7. The van der Waals surface area contributed by atoms with Crippen molar-refractivity contribution in [3.8, 4) is 5.75 Å². The highest BCUT2D eigenvalue weighted by Gasteiger charge is 2.51. The topological polar surface area (TPSA) is 97.6 Å². The highest BCUT2D eigenvalue weighted by molar-refractivity contribution is 5.26. The second-order valence-electron chi connectivity index (χ2n) is 6.27. The number of hydrogen-bond donors (Lipinski definition) is 3. The van der Waals surface area contributed by atoms with Crippen LogP contribution in [0.3, 0.4) is 0 Å². The Morgan fingerprint density at radius 1 is 0.815 bits per heavy atom. The molecule has 27 heavy (non-hydrogen) atoms. The number of aliphatic hydroxyl groups is 3. The van der Waals surface area contributed by atoms with Crippen LogP contribution in [0.4, 0.5) is 0 Å². The van der Waals surface area contributed by atoms with Gasteiger partial charge in [-0.1, -0.05) is 24.3 Å². The van der Waals surface area contributed by atoms with Crippen LogP contribution < -0.4 is 4.74 Å². The number of benzene rings is 1. The van der Waals surface area contributed by atoms with Crippen LogP contribution >= 0.6 is 0 Å². The lowest BCUT2D eigenvalue weighted by atomic mass is 9.84. The zero-order chi connectivity index (χ0) is 19.8. The molecule has 0 spiro atoms. The lowest BCUT2D eigenvalue weighted by Gasteiger charge is -2.45. The van der Waals surface area contributed by atoms with Gasteiger partial charge in [0.15, 0.2) is 0 Å². The van der Waals surface area contributed by atoms with Crippen molar-refractivity contribution in [3.05, 3.63) is 55.1 Å². The van der Waals surface area contributed by atoms with Gasteiger partial charge in [0.05, 0.1) is 26.9 Å². The minimum Gasteiger partial charge on any atom is -0.497 e. The van der Waals surface area contributed by atoms with Crippen molar-refractivity contribution in [1.29, 1.82) is 0 Å². The molecule has 0 saturated heterocycles. The van der Waals surface area contributed by atoms with Crippen LogP contribution in [0.25, 0.3) is 0 Å². The summed E-state index contributed by atoms with van der Waals surface area (Å²) < 4.78 is 22.0. The smallest absolute Gasteiger partial charge is 0.118 e. The van der Waals surface area contributed by atoms with Gasteiger partial charge in [-0.25, -0.2) is 0 Å². The first-order valence-electron chi connectivity index (χ1n) is 8.77. The van der Waals surface area contributed by atoms with Crippen LogP contribution in [0.15, 0.2) is 49.6 Å². The van der Waals surface area contributed by atoms with E-state index in [9.17, 15) is 15.3 Å². The SMILES string of the molecule is C=CCO[C@@H]1[C@@H](O)[C@@H](O)[C@@H](OCC=C)[C@H](OCc2ccc(OC)cc2)[C@H]1O. The zero-order valence-electron chi connectivity index (χ0n) is 15.4. The summed E-state index contributed by atoms with van der Waals surface area (Å²) in [6.45, 7) is 7.57. The van der Waals surface area contributed by atoms with Crippen molar-refractivity contribution in [2.24, 2.45) is 0 Å². The number of rotatable bonds is 10. The van der Waals surface area contributed by atoms with Crippen molar-refractivity contribution in [1.82, 2.24) is 0 Å². The van der Waals surface area contributed by atoms with E-state index in [0.717, 1.165) is 11.3 Å². The molecule has 7 heteroatoms. The summed E-state index contributed by atoms with van der Waals surface area (Å²) in [6.07, 6.45) is -3.65. The van der Waals surface area contributed by atoms with E-state index in [-0.39, 0.29) is 19.8 Å². The summed E-state index contributed by atoms with van der Waals surface area (Å²) in [6, 6.07) is 7.28. The minimum absolute atomic E-state index is 0.120. The third-order valence-electron chi connectivity index (χ3n) is 4.43. The molecule has 1 fully saturated rings. The fourth-order valence-corrected chi connectivity index (χ4v) is 3.02. The summed E-state index contributed by atoms with van der Waals surface area (Å²) in [5.41, 5.74) is 0.856. The highest BCUT2D eigenvalue weighted by Crippen LogP contribution is 2.29. The number of hydrogen-bond acceptors (Lipinski definition) is 7. The molecular formula is C20H28O7. The molecule has 6 atom stereocenters. The average Bonchev–Trinajstić information content (AvgIpc) is 2.69. The molecule has 150 valence electrons. The first-order chi connectivity index (χ1) is 13.0. The second kappa shape index (κ2) is 10.6. The van der Waals surface area contributed by atoms with E-state index in [2.05, 4.69) is 13.2 Å². The van der Waals surface area contributed by atoms with E-state index < -0.39 is 36.6 Å². The first kappa shape index (κ1) is 21.6. The molecule has 2 rings (SSSR count). The normalized spacial score (nSPS) is 30.7. The molecule has 1 aromatic carbocycles. The summed E-state index contributed by atoms with van der Waals surface area (Å²) in [7, 11) is 1.58. The Labute approximate surface area is 159 Å². The number of aliphatic hydroxyl groups excluding tert-OH is 3. The quantitative estimate of drug-likeness (QED) is 0.517. The molecule has 0 bridgehead atoms. The molecule has 0 heterocycles. The fraction of sp³-hybridized carbons (Fsp3) is 0.500. The summed E-state index contributed by atoms with van der Waals surface area (Å²) >= 11 is 0. The van der Waals surface area contributed by atoms with Crippen molar-refractivity contribution in [3.63, 3.8) is 0 Å². The fourth-order valence-electron chi connectivity index (χ4n) is 3.02. The van der Waals surface area contributed by atoms with Gasteiger partial charge in [-0.2, -0.15) is 0 Å². The van der Waals surface area contributed by atoms with Gasteiger partial charge in [-0.3, -0.25) is 0 Å². The van der Waals surface area contributed by atoms with Gasteiger partial charge in [-0.05, 0) is 17.7 Å². The molecule has 1 aliphatic rings. The highest BCUT2D eigenvalue weighted by atomic mass is 16.6. The van der Waals surface area contributed by atoms with E-state index in [4.69, 9.17) is 18.9 Å². The molecule has 0 radical (unpaired) electrons. The Balaban J connectivity index is 2.14. The number of methoxy groups -OCH3 is 1. The average molecular weight is 380 g/mol. The summed E-state index contributed by atoms with van der Waals surface area (Å²) in [4.78, 5) is 0. The molecule has 0 unspecified atom stereocenters. The first-order valence-corrected chi connectivity index (χ1v) is 8.77. The van der Waals surface area contributed by atoms with Crippen molar-refractivity contribution < 1.29 is 34.3 Å². The molecule has 7 nitrogen and oxygen atoms in total. The lowest BCUT2D eigenvalue weighted by Crippen LogP contribution is -2.65. The molecule has 1 aromatic rings. The van der Waals surface area contributed by atoms with Gasteiger partial charge in [0.25, 0.3) is 0 Å². The second-order valence-corrected chi connectivity index (χ2v) is 6.27. The summed E-state index contributed by atoms with van der Waals surface area (Å²) in [5.74, 6) is 0.722. The van der Waals surface area contributed by atoms with E-state index in [1.807, 2.05) is 12.1 Å². The predicted octanol–water partition coefficient (Wildman–Crippen LogP) is 0.819. The Morgan fingerprint density at radius 3 is 1.89 bits per heavy atom. The third-order valence-corrected chi connectivity index (χ3v) is 4.43. The standard InChI is InChI=1S/C20H28O7/c1-4-10-25-18-15(21)16(22)19(26-11-5-2)20(17(18)23)27-12-13-6-8-14(24-3)9-7-13/h4-9,15-23H,1-2,10-12H2,3H3/t15-,16+,17-,18+,19+,20+/m0/s1. The van der Waals surface area contributed by atoms with E-state index in [0.29, 0.717) is 0 Å². The van der Waals surface area contributed by atoms with Gasteiger partial charge >= 0.3 is 0 Å². The van der Waals surface area contributed by atoms with Gasteiger partial charge in [-0.15, -0.1) is 13.2 Å². The molecule has 0 aromatic heterocycles. The van der Waals surface area contributed by atoms with Gasteiger partial charge in [0, 0.05) is 0 Å². The van der Waals surface area contributed by atoms with Crippen molar-refractivity contribution >= 4 is 0 Å². The molecule has 1 saturated carbocycles. The van der Waals surface area contributed by atoms with Crippen LogP contribution in [0.5, 0.6) is 5.75 Å². The molecule has 0 aliphatic heterocycles. The van der Waals surface area contributed by atoms with Crippen LogP contribution in [0.2, 0.25) is 0 Å². The predicted molar refractivity (Wildman–Crippen MR) is 99.5 cm³/mol. The Hall–Kier alpha value is -1.74. The van der Waals surface area contributed by atoms with Crippen LogP contribution in [0.1, 0.15) is 5.56 Å². The molecule has 3 N–H and O–H groups in total. The Kier molecular flexibility index (Phi) is 8.43. The molecular weight excluding hydrogens is 352 g/mol. The van der Waals surface area contributed by atoms with E-state index in [1.165, 1.54) is 12.2 Å². The van der Waals surface area contributed by atoms with Crippen LogP contribution in [0, 0.1) is 0 Å². The van der Waals surface area contributed by atoms with E-state index >= 15 is 0 Å². The van der Waals surface area contributed by atoms with E-state index in [1.54, 1.807) is 19.2 Å². The third kappa shape index (κ3) is 5.38. The maximum Gasteiger partial charge on any atom is 0.118 e. The zero-order valence-corrected chi connectivity index (χ0v) is 15.4. The van der Waals surface area contributed by atoms with Crippen molar-refractivity contribution in [2.75, 3.05) is 20.3 Å². The molecule has 1 aliphatic carbocycles. The summed E-state index contributed by atoms with van der Waals surface area (Å²) in [5, 5.41) is 31.5. The van der Waals surface area contributed by atoms with Gasteiger partial charge in [0.2, 0.25) is 0 Å². The Bertz CT molecular complexity index is 588. The minimum atomic E-state index is -1.32. The van der Waals surface area contributed by atoms with Crippen molar-refractivity contribution in [2.45, 2.75) is 43.2 Å². The Morgan fingerprint density at radius 2 is 1.33 bits per heavy atom. The lowest BCUT2D eigenvalue weighted by molar-refractivity contribution is -0.254. The maximum atomic E-state index is 10.7. The largest absolute Gasteiger partial charge is 0.497 e. The monoisotopic (exact) mass is 380 g/mol. The molecule has 0 amide bonds. The van der Waals surface area contributed by atoms with Gasteiger partial charge < -0.3 is 34.3 Å². The van der Waals surface area contributed by atoms with Crippen LogP contribution in [-0.2, 0) is 20.8 Å². The number of ether oxygens (including phenoxy) is 4. The van der Waals surface area contributed by atoms with Crippen LogP contribution in [-0.4, -0.2) is 72.3 Å².